The number of hydrogen-bond acceptors (Lipinski definition) is 2. The minimum Gasteiger partial charge on any atom is -0.335 e. The summed E-state index contributed by atoms with van der Waals surface area (Å²) in [5, 5.41) is 0. The molecule has 0 bridgehead atoms. The van der Waals surface area contributed by atoms with E-state index in [0.29, 0.717) is 0 Å². The van der Waals surface area contributed by atoms with Crippen LogP contribution in [0.25, 0.3) is 0 Å². The second kappa shape index (κ2) is 6.93. The first kappa shape index (κ1) is 13.6. The molecule has 1 aliphatic rings. The van der Waals surface area contributed by atoms with Crippen LogP contribution in [0.2, 0.25) is 0 Å². The largest absolute Gasteiger partial charge is 0.335 e. The van der Waals surface area contributed by atoms with E-state index in [0.717, 1.165) is 25.3 Å². The van der Waals surface area contributed by atoms with Gasteiger partial charge in [-0.3, -0.25) is 0 Å². The van der Waals surface area contributed by atoms with E-state index < -0.39 is 0 Å². The van der Waals surface area contributed by atoms with Crippen molar-refractivity contribution in [2.24, 2.45) is 11.7 Å². The van der Waals surface area contributed by atoms with E-state index in [9.17, 15) is 0 Å². The average Bonchev–Trinajstić information content (AvgIpc) is 2.78. The molecule has 2 rings (SSSR count). The Balaban J connectivity index is 1.82. The lowest BCUT2D eigenvalue weighted by Crippen LogP contribution is -2.28. The Morgan fingerprint density at radius 1 is 1.39 bits per heavy atom. The van der Waals surface area contributed by atoms with E-state index in [1.165, 1.54) is 44.3 Å². The van der Waals surface area contributed by atoms with Gasteiger partial charge in [-0.2, -0.15) is 0 Å². The first-order valence-corrected chi connectivity index (χ1v) is 7.55. The van der Waals surface area contributed by atoms with Crippen LogP contribution in [0, 0.1) is 5.92 Å². The van der Waals surface area contributed by atoms with Crippen molar-refractivity contribution in [1.82, 2.24) is 9.55 Å². The van der Waals surface area contributed by atoms with Crippen LogP contribution < -0.4 is 5.73 Å². The van der Waals surface area contributed by atoms with Crippen molar-refractivity contribution in [3.63, 3.8) is 0 Å². The highest BCUT2D eigenvalue weighted by Gasteiger charge is 2.18. The molecule has 0 aromatic carbocycles. The number of rotatable bonds is 6. The highest BCUT2D eigenvalue weighted by molar-refractivity contribution is 4.95. The van der Waals surface area contributed by atoms with Crippen LogP contribution >= 0.6 is 0 Å². The topological polar surface area (TPSA) is 43.8 Å². The summed E-state index contributed by atoms with van der Waals surface area (Å²) < 4.78 is 2.25. The zero-order chi connectivity index (χ0) is 12.8. The maximum absolute atomic E-state index is 6.31. The molecule has 0 spiro atoms. The summed E-state index contributed by atoms with van der Waals surface area (Å²) in [6.45, 7) is 3.26. The SMILES string of the molecule is CCCn1ccnc1CC(N)CC1CCCCC1. The number of hydrogen-bond donors (Lipinski definition) is 1. The van der Waals surface area contributed by atoms with Gasteiger partial charge in [0, 0.05) is 31.4 Å². The smallest absolute Gasteiger partial charge is 0.110 e. The molecule has 2 N–H and O–H groups in total. The number of nitrogens with zero attached hydrogens (tertiary/aromatic N) is 2. The zero-order valence-corrected chi connectivity index (χ0v) is 11.6. The second-order valence-corrected chi connectivity index (χ2v) is 5.74. The summed E-state index contributed by atoms with van der Waals surface area (Å²) in [5.41, 5.74) is 6.31. The third-order valence-electron chi connectivity index (χ3n) is 4.07. The molecule has 1 heterocycles. The Kier molecular flexibility index (Phi) is 5.24. The first-order valence-electron chi connectivity index (χ1n) is 7.55. The van der Waals surface area contributed by atoms with E-state index in [1.54, 1.807) is 0 Å². The molecule has 0 radical (unpaired) electrons. The van der Waals surface area contributed by atoms with Crippen LogP contribution in [0.15, 0.2) is 12.4 Å². The fraction of sp³-hybridized carbons (Fsp3) is 0.800. The van der Waals surface area contributed by atoms with Crippen LogP contribution in [0.1, 0.15) is 57.7 Å². The van der Waals surface area contributed by atoms with Gasteiger partial charge in [0.25, 0.3) is 0 Å². The van der Waals surface area contributed by atoms with Gasteiger partial charge in [0.1, 0.15) is 5.82 Å². The predicted octanol–water partition coefficient (Wildman–Crippen LogP) is 3.13. The van der Waals surface area contributed by atoms with Crippen molar-refractivity contribution in [3.8, 4) is 0 Å². The van der Waals surface area contributed by atoms with Crippen molar-refractivity contribution in [1.29, 1.82) is 0 Å². The van der Waals surface area contributed by atoms with Gasteiger partial charge in [0.2, 0.25) is 0 Å². The summed E-state index contributed by atoms with van der Waals surface area (Å²) in [5.74, 6) is 2.03. The van der Waals surface area contributed by atoms with Gasteiger partial charge >= 0.3 is 0 Å². The van der Waals surface area contributed by atoms with Gasteiger partial charge in [0.05, 0.1) is 0 Å². The van der Waals surface area contributed by atoms with Crippen molar-refractivity contribution in [2.75, 3.05) is 0 Å². The van der Waals surface area contributed by atoms with Crippen LogP contribution in [0.3, 0.4) is 0 Å². The fourth-order valence-electron chi connectivity index (χ4n) is 3.14. The van der Waals surface area contributed by atoms with Crippen LogP contribution in [0.5, 0.6) is 0 Å². The van der Waals surface area contributed by atoms with E-state index in [-0.39, 0.29) is 6.04 Å². The van der Waals surface area contributed by atoms with Crippen molar-refractivity contribution in [3.05, 3.63) is 18.2 Å². The van der Waals surface area contributed by atoms with Crippen molar-refractivity contribution < 1.29 is 0 Å². The highest BCUT2D eigenvalue weighted by atomic mass is 15.1. The predicted molar refractivity (Wildman–Crippen MR) is 75.4 cm³/mol. The molecular weight excluding hydrogens is 222 g/mol. The first-order chi connectivity index (χ1) is 8.79. The summed E-state index contributed by atoms with van der Waals surface area (Å²) in [4.78, 5) is 4.45. The van der Waals surface area contributed by atoms with E-state index in [4.69, 9.17) is 5.73 Å². The minimum atomic E-state index is 0.283. The number of nitrogens with two attached hydrogens (primary N) is 1. The maximum atomic E-state index is 6.31. The Labute approximate surface area is 111 Å². The number of imidazole rings is 1. The Hall–Kier alpha value is -0.830. The lowest BCUT2D eigenvalue weighted by molar-refractivity contribution is 0.315. The summed E-state index contributed by atoms with van der Waals surface area (Å²) in [7, 11) is 0. The quantitative estimate of drug-likeness (QED) is 0.841. The third kappa shape index (κ3) is 3.84. The Morgan fingerprint density at radius 3 is 2.89 bits per heavy atom. The Bertz CT molecular complexity index is 339. The lowest BCUT2D eigenvalue weighted by atomic mass is 9.84. The molecule has 1 aromatic heterocycles. The van der Waals surface area contributed by atoms with E-state index in [2.05, 4.69) is 22.7 Å². The second-order valence-electron chi connectivity index (χ2n) is 5.74. The fourth-order valence-corrected chi connectivity index (χ4v) is 3.14. The molecule has 102 valence electrons. The van der Waals surface area contributed by atoms with Crippen LogP contribution in [0.4, 0.5) is 0 Å². The zero-order valence-electron chi connectivity index (χ0n) is 11.6. The van der Waals surface area contributed by atoms with E-state index in [1.807, 2.05) is 6.20 Å². The number of aryl methyl sites for hydroxylation is 1. The standard InChI is InChI=1S/C15H27N3/c1-2-9-18-10-8-17-15(18)12-14(16)11-13-6-4-3-5-7-13/h8,10,13-14H,2-7,9,11-12,16H2,1H3. The average molecular weight is 249 g/mol. The van der Waals surface area contributed by atoms with Gasteiger partial charge in [0.15, 0.2) is 0 Å². The molecule has 0 saturated heterocycles. The molecule has 1 unspecified atom stereocenters. The normalized spacial score (nSPS) is 19.0. The summed E-state index contributed by atoms with van der Waals surface area (Å²) in [6.07, 6.45) is 14.2. The molecule has 18 heavy (non-hydrogen) atoms. The molecule has 1 saturated carbocycles. The minimum absolute atomic E-state index is 0.283. The van der Waals surface area contributed by atoms with Gasteiger partial charge in [-0.15, -0.1) is 0 Å². The van der Waals surface area contributed by atoms with Crippen LogP contribution in [-0.4, -0.2) is 15.6 Å². The molecule has 3 nitrogen and oxygen atoms in total. The Morgan fingerprint density at radius 2 is 2.17 bits per heavy atom. The van der Waals surface area contributed by atoms with Crippen LogP contribution in [-0.2, 0) is 13.0 Å². The van der Waals surface area contributed by atoms with Crippen molar-refractivity contribution >= 4 is 0 Å². The molecule has 1 aliphatic carbocycles. The van der Waals surface area contributed by atoms with Gasteiger partial charge in [-0.25, -0.2) is 4.98 Å². The third-order valence-corrected chi connectivity index (χ3v) is 4.07. The monoisotopic (exact) mass is 249 g/mol. The molecule has 0 amide bonds. The van der Waals surface area contributed by atoms with E-state index >= 15 is 0 Å². The van der Waals surface area contributed by atoms with Gasteiger partial charge < -0.3 is 10.3 Å². The lowest BCUT2D eigenvalue weighted by Gasteiger charge is -2.24. The molecule has 1 aromatic rings. The summed E-state index contributed by atoms with van der Waals surface area (Å²) in [6, 6.07) is 0.283. The van der Waals surface area contributed by atoms with Gasteiger partial charge in [-0.05, 0) is 18.8 Å². The van der Waals surface area contributed by atoms with Gasteiger partial charge in [-0.1, -0.05) is 39.0 Å². The maximum Gasteiger partial charge on any atom is 0.110 e. The number of aromatic nitrogens is 2. The summed E-state index contributed by atoms with van der Waals surface area (Å²) >= 11 is 0. The molecule has 1 fully saturated rings. The molecule has 3 heteroatoms. The molecule has 0 aliphatic heterocycles. The van der Waals surface area contributed by atoms with Crippen molar-refractivity contribution in [2.45, 2.75) is 70.9 Å². The molecule has 1 atom stereocenters. The highest BCUT2D eigenvalue weighted by Crippen LogP contribution is 2.27. The molecular formula is C15H27N3.